The third-order valence-electron chi connectivity index (χ3n) is 4.82. The van der Waals surface area contributed by atoms with Gasteiger partial charge in [0, 0.05) is 23.0 Å². The summed E-state index contributed by atoms with van der Waals surface area (Å²) in [7, 11) is 0. The standard InChI is InChI=1S/C17H24N2/c1-12-5-4-6-13(9-12)15(10-18)16-11-19-17-8-3-2-7-14(16)17/h2-3,7-8,11-13,15,19H,4-6,9-10,18H2,1H3. The Balaban J connectivity index is 1.93. The largest absolute Gasteiger partial charge is 0.361 e. The van der Waals surface area contributed by atoms with Crippen LogP contribution in [0.5, 0.6) is 0 Å². The summed E-state index contributed by atoms with van der Waals surface area (Å²) in [6.07, 6.45) is 7.61. The molecule has 0 aliphatic heterocycles. The summed E-state index contributed by atoms with van der Waals surface area (Å²) in [4.78, 5) is 3.40. The van der Waals surface area contributed by atoms with E-state index in [0.717, 1.165) is 18.4 Å². The minimum atomic E-state index is 0.513. The number of aromatic nitrogens is 1. The summed E-state index contributed by atoms with van der Waals surface area (Å²) in [5, 5.41) is 1.36. The second kappa shape index (κ2) is 5.38. The van der Waals surface area contributed by atoms with Gasteiger partial charge in [0.2, 0.25) is 0 Å². The van der Waals surface area contributed by atoms with Crippen LogP contribution < -0.4 is 5.73 Å². The van der Waals surface area contributed by atoms with E-state index in [2.05, 4.69) is 42.4 Å². The van der Waals surface area contributed by atoms with Gasteiger partial charge in [-0.25, -0.2) is 0 Å². The molecular weight excluding hydrogens is 232 g/mol. The minimum Gasteiger partial charge on any atom is -0.361 e. The molecule has 3 unspecified atom stereocenters. The van der Waals surface area contributed by atoms with Gasteiger partial charge >= 0.3 is 0 Å². The van der Waals surface area contributed by atoms with Crippen molar-refractivity contribution in [3.63, 3.8) is 0 Å². The lowest BCUT2D eigenvalue weighted by Crippen LogP contribution is -2.25. The van der Waals surface area contributed by atoms with Crippen LogP contribution in [0.25, 0.3) is 10.9 Å². The molecule has 1 aromatic carbocycles. The first kappa shape index (κ1) is 12.7. The molecule has 0 bridgehead atoms. The third-order valence-corrected chi connectivity index (χ3v) is 4.82. The van der Waals surface area contributed by atoms with Crippen LogP contribution in [0.2, 0.25) is 0 Å². The fraction of sp³-hybridized carbons (Fsp3) is 0.529. The lowest BCUT2D eigenvalue weighted by Gasteiger charge is -2.32. The molecule has 1 heterocycles. The van der Waals surface area contributed by atoms with Gasteiger partial charge in [0.15, 0.2) is 0 Å². The van der Waals surface area contributed by atoms with Crippen molar-refractivity contribution in [2.24, 2.45) is 17.6 Å². The van der Waals surface area contributed by atoms with Crippen LogP contribution in [0.15, 0.2) is 30.5 Å². The number of aromatic amines is 1. The maximum absolute atomic E-state index is 6.12. The van der Waals surface area contributed by atoms with Crippen molar-refractivity contribution >= 4 is 10.9 Å². The topological polar surface area (TPSA) is 41.8 Å². The first-order chi connectivity index (χ1) is 9.29. The van der Waals surface area contributed by atoms with Crippen molar-refractivity contribution in [3.8, 4) is 0 Å². The molecule has 1 fully saturated rings. The first-order valence-corrected chi connectivity index (χ1v) is 7.55. The molecule has 2 nitrogen and oxygen atoms in total. The number of para-hydroxylation sites is 1. The number of hydrogen-bond acceptors (Lipinski definition) is 1. The molecule has 1 saturated carbocycles. The molecule has 2 aromatic rings. The van der Waals surface area contributed by atoms with Gasteiger partial charge in [-0.1, -0.05) is 38.0 Å². The first-order valence-electron chi connectivity index (χ1n) is 7.55. The Labute approximate surface area is 115 Å². The van der Waals surface area contributed by atoms with Crippen molar-refractivity contribution in [2.45, 2.75) is 38.5 Å². The molecule has 3 rings (SSSR count). The normalized spacial score (nSPS) is 25.6. The highest BCUT2D eigenvalue weighted by atomic mass is 14.7. The van der Waals surface area contributed by atoms with E-state index in [1.165, 1.54) is 42.1 Å². The third kappa shape index (κ3) is 2.42. The van der Waals surface area contributed by atoms with Crippen LogP contribution in [0.3, 0.4) is 0 Å². The van der Waals surface area contributed by atoms with Gasteiger partial charge in [0.05, 0.1) is 0 Å². The SMILES string of the molecule is CC1CCCC(C(CN)c2c[nH]c3ccccc23)C1. The number of H-pyrrole nitrogens is 1. The zero-order chi connectivity index (χ0) is 13.2. The Morgan fingerprint density at radius 2 is 2.16 bits per heavy atom. The number of benzene rings is 1. The molecule has 0 radical (unpaired) electrons. The van der Waals surface area contributed by atoms with Crippen LogP contribution in [-0.2, 0) is 0 Å². The smallest absolute Gasteiger partial charge is 0.0456 e. The fourth-order valence-electron chi connectivity index (χ4n) is 3.82. The molecule has 0 spiro atoms. The maximum Gasteiger partial charge on any atom is 0.0456 e. The molecule has 102 valence electrons. The molecule has 1 aromatic heterocycles. The maximum atomic E-state index is 6.12. The van der Waals surface area contributed by atoms with Crippen LogP contribution >= 0.6 is 0 Å². The molecule has 1 aliphatic rings. The van der Waals surface area contributed by atoms with Crippen LogP contribution in [0.1, 0.15) is 44.1 Å². The predicted molar refractivity (Wildman–Crippen MR) is 81.2 cm³/mol. The van der Waals surface area contributed by atoms with Crippen molar-refractivity contribution in [1.29, 1.82) is 0 Å². The number of fused-ring (bicyclic) bond motifs is 1. The highest BCUT2D eigenvalue weighted by Crippen LogP contribution is 2.39. The quantitative estimate of drug-likeness (QED) is 0.855. The average Bonchev–Trinajstić information content (AvgIpc) is 2.84. The molecule has 2 heteroatoms. The van der Waals surface area contributed by atoms with Gasteiger partial charge < -0.3 is 10.7 Å². The number of nitrogens with one attached hydrogen (secondary N) is 1. The van der Waals surface area contributed by atoms with E-state index in [0.29, 0.717) is 5.92 Å². The Bertz CT molecular complexity index is 543. The molecule has 19 heavy (non-hydrogen) atoms. The lowest BCUT2D eigenvalue weighted by atomic mass is 9.73. The van der Waals surface area contributed by atoms with Crippen LogP contribution in [0, 0.1) is 11.8 Å². The van der Waals surface area contributed by atoms with Crippen LogP contribution in [0.4, 0.5) is 0 Å². The summed E-state index contributed by atoms with van der Waals surface area (Å²) in [6, 6.07) is 8.57. The highest BCUT2D eigenvalue weighted by Gasteiger charge is 2.28. The van der Waals surface area contributed by atoms with Crippen molar-refractivity contribution in [2.75, 3.05) is 6.54 Å². The molecule has 3 N–H and O–H groups in total. The monoisotopic (exact) mass is 256 g/mol. The summed E-state index contributed by atoms with van der Waals surface area (Å²) < 4.78 is 0. The van der Waals surface area contributed by atoms with E-state index in [1.807, 2.05) is 0 Å². The molecule has 0 saturated heterocycles. The summed E-state index contributed by atoms with van der Waals surface area (Å²) in [6.45, 7) is 3.15. The van der Waals surface area contributed by atoms with Crippen molar-refractivity contribution < 1.29 is 0 Å². The Hall–Kier alpha value is -1.28. The van der Waals surface area contributed by atoms with E-state index < -0.39 is 0 Å². The number of rotatable bonds is 3. The molecule has 1 aliphatic carbocycles. The number of hydrogen-bond donors (Lipinski definition) is 2. The van der Waals surface area contributed by atoms with Gasteiger partial charge in [-0.05, 0) is 42.9 Å². The van der Waals surface area contributed by atoms with Crippen LogP contribution in [-0.4, -0.2) is 11.5 Å². The van der Waals surface area contributed by atoms with Gasteiger partial charge in [-0.3, -0.25) is 0 Å². The Kier molecular flexibility index (Phi) is 3.61. The fourth-order valence-corrected chi connectivity index (χ4v) is 3.82. The second-order valence-corrected chi connectivity index (χ2v) is 6.16. The summed E-state index contributed by atoms with van der Waals surface area (Å²) >= 11 is 0. The Morgan fingerprint density at radius 1 is 1.32 bits per heavy atom. The van der Waals surface area contributed by atoms with E-state index >= 15 is 0 Å². The van der Waals surface area contributed by atoms with E-state index in [-0.39, 0.29) is 0 Å². The Morgan fingerprint density at radius 3 is 2.95 bits per heavy atom. The van der Waals surface area contributed by atoms with Gasteiger partial charge in [-0.2, -0.15) is 0 Å². The zero-order valence-corrected chi connectivity index (χ0v) is 11.7. The number of nitrogens with two attached hydrogens (primary N) is 1. The van der Waals surface area contributed by atoms with Gasteiger partial charge in [0.1, 0.15) is 0 Å². The van der Waals surface area contributed by atoms with Gasteiger partial charge in [-0.15, -0.1) is 0 Å². The van der Waals surface area contributed by atoms with Crippen molar-refractivity contribution in [3.05, 3.63) is 36.0 Å². The average molecular weight is 256 g/mol. The second-order valence-electron chi connectivity index (χ2n) is 6.16. The molecule has 3 atom stereocenters. The van der Waals surface area contributed by atoms with E-state index in [4.69, 9.17) is 5.73 Å². The highest BCUT2D eigenvalue weighted by molar-refractivity contribution is 5.83. The van der Waals surface area contributed by atoms with E-state index in [1.54, 1.807) is 0 Å². The van der Waals surface area contributed by atoms with Gasteiger partial charge in [0.25, 0.3) is 0 Å². The van der Waals surface area contributed by atoms with Crippen molar-refractivity contribution in [1.82, 2.24) is 4.98 Å². The lowest BCUT2D eigenvalue weighted by molar-refractivity contribution is 0.248. The predicted octanol–water partition coefficient (Wildman–Crippen LogP) is 4.04. The summed E-state index contributed by atoms with van der Waals surface area (Å²) in [5.74, 6) is 2.13. The summed E-state index contributed by atoms with van der Waals surface area (Å²) in [5.41, 5.74) is 8.78. The van der Waals surface area contributed by atoms with E-state index in [9.17, 15) is 0 Å². The molecule has 0 amide bonds. The molecular formula is C17H24N2. The minimum absolute atomic E-state index is 0.513. The zero-order valence-electron chi connectivity index (χ0n) is 11.7.